The molecule has 0 aliphatic carbocycles. The van der Waals surface area contributed by atoms with Gasteiger partial charge in [-0.1, -0.05) is 6.92 Å². The molecule has 0 aromatic carbocycles. The van der Waals surface area contributed by atoms with Crippen LogP contribution in [-0.4, -0.2) is 23.7 Å². The molecule has 90 valence electrons. The van der Waals surface area contributed by atoms with Crippen molar-refractivity contribution in [2.75, 3.05) is 6.54 Å². The van der Waals surface area contributed by atoms with Crippen LogP contribution in [0, 0.1) is 6.92 Å². The van der Waals surface area contributed by atoms with Crippen molar-refractivity contribution >= 4 is 17.2 Å². The van der Waals surface area contributed by atoms with Crippen LogP contribution in [-0.2, 0) is 0 Å². The molecule has 0 bridgehead atoms. The van der Waals surface area contributed by atoms with Crippen LogP contribution in [0.25, 0.3) is 0 Å². The summed E-state index contributed by atoms with van der Waals surface area (Å²) in [5.74, 6) is -0.965. The average molecular weight is 251 g/mol. The normalized spacial score (nSPS) is 11.6. The molecule has 16 heavy (non-hydrogen) atoms. The first-order valence-corrected chi connectivity index (χ1v) is 5.63. The lowest BCUT2D eigenvalue weighted by Crippen LogP contribution is -2.42. The van der Waals surface area contributed by atoms with Gasteiger partial charge in [0.1, 0.15) is 0 Å². The second-order valence-electron chi connectivity index (χ2n) is 3.33. The van der Waals surface area contributed by atoms with Crippen LogP contribution in [0.1, 0.15) is 27.9 Å². The Morgan fingerprint density at radius 1 is 1.44 bits per heavy atom. The fourth-order valence-electron chi connectivity index (χ4n) is 1.25. The van der Waals surface area contributed by atoms with Gasteiger partial charge in [-0.15, -0.1) is 24.5 Å². The molecular formula is C10H12F3NOS. The summed E-state index contributed by atoms with van der Waals surface area (Å²) in [5, 5.41) is 0. The van der Waals surface area contributed by atoms with E-state index in [1.54, 1.807) is 19.9 Å². The van der Waals surface area contributed by atoms with Crippen molar-refractivity contribution in [1.82, 2.24) is 4.90 Å². The summed E-state index contributed by atoms with van der Waals surface area (Å²) in [4.78, 5) is 12.5. The molecule has 0 radical (unpaired) electrons. The van der Waals surface area contributed by atoms with E-state index in [-0.39, 0.29) is 22.7 Å². The number of thiophene rings is 1. The second-order valence-corrected chi connectivity index (χ2v) is 4.62. The largest absolute Gasteiger partial charge is 0.487 e. The molecule has 0 unspecified atom stereocenters. The third kappa shape index (κ3) is 2.98. The predicted octanol–water partition coefficient (Wildman–Crippen LogP) is 3.43. The summed E-state index contributed by atoms with van der Waals surface area (Å²) in [6.07, 6.45) is -4.33. The van der Waals surface area contributed by atoms with Gasteiger partial charge in [-0.3, -0.25) is 4.79 Å². The van der Waals surface area contributed by atoms with E-state index in [1.807, 2.05) is 0 Å². The summed E-state index contributed by atoms with van der Waals surface area (Å²) in [7, 11) is 0. The smallest absolute Gasteiger partial charge is 0.268 e. The Balaban J connectivity index is 2.91. The number of carbonyl (C=O) groups excluding carboxylic acids is 1. The van der Waals surface area contributed by atoms with E-state index in [9.17, 15) is 18.0 Å². The molecule has 1 heterocycles. The van der Waals surface area contributed by atoms with E-state index in [4.69, 9.17) is 0 Å². The summed E-state index contributed by atoms with van der Waals surface area (Å²) >= 11 is 1.07. The Bertz CT molecular complexity index is 372. The number of halogens is 3. The minimum atomic E-state index is -4.61. The number of aryl methyl sites for hydroxylation is 1. The van der Waals surface area contributed by atoms with Gasteiger partial charge < -0.3 is 0 Å². The molecule has 0 aliphatic heterocycles. The first kappa shape index (κ1) is 13.0. The first-order valence-electron chi connectivity index (χ1n) is 4.81. The Hall–Kier alpha value is -1.04. The monoisotopic (exact) mass is 251 g/mol. The summed E-state index contributed by atoms with van der Waals surface area (Å²) < 4.78 is 37.7. The lowest BCUT2D eigenvalue weighted by Gasteiger charge is -2.23. The highest BCUT2D eigenvalue weighted by atomic mass is 32.1. The van der Waals surface area contributed by atoms with Crippen molar-refractivity contribution in [2.45, 2.75) is 26.6 Å². The van der Waals surface area contributed by atoms with E-state index >= 15 is 0 Å². The number of nitrogens with zero attached hydrogens (tertiary/aromatic N) is 1. The highest BCUT2D eigenvalue weighted by Crippen LogP contribution is 2.26. The Kier molecular flexibility index (Phi) is 3.96. The molecule has 1 aromatic heterocycles. The fraction of sp³-hybridized carbons (Fsp3) is 0.500. The van der Waals surface area contributed by atoms with Crippen LogP contribution in [0.3, 0.4) is 0 Å². The van der Waals surface area contributed by atoms with Crippen LogP contribution in [0.5, 0.6) is 0 Å². The summed E-state index contributed by atoms with van der Waals surface area (Å²) in [5.41, 5.74) is 0. The molecule has 1 rings (SSSR count). The molecule has 0 atom stereocenters. The van der Waals surface area contributed by atoms with Crippen molar-refractivity contribution in [3.63, 3.8) is 0 Å². The van der Waals surface area contributed by atoms with Crippen LogP contribution >= 0.6 is 11.3 Å². The third-order valence-corrected chi connectivity index (χ3v) is 2.94. The van der Waals surface area contributed by atoms with Crippen molar-refractivity contribution < 1.29 is 18.0 Å². The zero-order valence-corrected chi connectivity index (χ0v) is 9.78. The molecule has 1 aromatic rings. The number of hydrogen-bond donors (Lipinski definition) is 0. The number of rotatable bonds is 3. The number of carbonyl (C=O) groups is 1. The molecule has 0 aliphatic rings. The SMILES string of the molecule is CCCN(C(=O)c1ccc(C)s1)C(F)(F)F. The molecule has 0 saturated carbocycles. The third-order valence-electron chi connectivity index (χ3n) is 1.95. The molecule has 6 heteroatoms. The van der Waals surface area contributed by atoms with Crippen molar-refractivity contribution in [1.29, 1.82) is 0 Å². The molecule has 0 N–H and O–H groups in total. The van der Waals surface area contributed by atoms with Crippen molar-refractivity contribution in [3.05, 3.63) is 21.9 Å². The van der Waals surface area contributed by atoms with Gasteiger partial charge in [0.15, 0.2) is 0 Å². The second kappa shape index (κ2) is 4.86. The quantitative estimate of drug-likeness (QED) is 0.754. The lowest BCUT2D eigenvalue weighted by molar-refractivity contribution is -0.224. The topological polar surface area (TPSA) is 20.3 Å². The maximum Gasteiger partial charge on any atom is 0.487 e. The van der Waals surface area contributed by atoms with Gasteiger partial charge in [0.05, 0.1) is 4.88 Å². The van der Waals surface area contributed by atoms with Gasteiger partial charge in [0.25, 0.3) is 5.91 Å². The van der Waals surface area contributed by atoms with Crippen LogP contribution in [0.4, 0.5) is 13.2 Å². The van der Waals surface area contributed by atoms with Gasteiger partial charge in [0.2, 0.25) is 0 Å². The fourth-order valence-corrected chi connectivity index (χ4v) is 2.07. The van der Waals surface area contributed by atoms with Crippen molar-refractivity contribution in [2.24, 2.45) is 0 Å². The minimum absolute atomic E-state index is 0.0434. The number of amides is 1. The van der Waals surface area contributed by atoms with Gasteiger partial charge >= 0.3 is 6.30 Å². The van der Waals surface area contributed by atoms with E-state index in [1.165, 1.54) is 6.07 Å². The maximum absolute atomic E-state index is 12.6. The molecule has 2 nitrogen and oxygen atoms in total. The Morgan fingerprint density at radius 3 is 2.44 bits per heavy atom. The molecule has 0 spiro atoms. The van der Waals surface area contributed by atoms with E-state index in [0.29, 0.717) is 0 Å². The molecular weight excluding hydrogens is 239 g/mol. The van der Waals surface area contributed by atoms with Gasteiger partial charge in [0, 0.05) is 11.4 Å². The standard InChI is InChI=1S/C10H12F3NOS/c1-3-6-14(10(11,12)13)9(15)8-5-4-7(2)16-8/h4-5H,3,6H2,1-2H3. The average Bonchev–Trinajstić information content (AvgIpc) is 2.58. The predicted molar refractivity (Wildman–Crippen MR) is 56.4 cm³/mol. The number of alkyl halides is 3. The van der Waals surface area contributed by atoms with Crippen LogP contribution < -0.4 is 0 Å². The van der Waals surface area contributed by atoms with Gasteiger partial charge in [-0.2, -0.15) is 0 Å². The van der Waals surface area contributed by atoms with Crippen molar-refractivity contribution in [3.8, 4) is 0 Å². The Labute approximate surface area is 95.7 Å². The van der Waals surface area contributed by atoms with Crippen LogP contribution in [0.15, 0.2) is 12.1 Å². The Morgan fingerprint density at radius 2 is 2.06 bits per heavy atom. The highest BCUT2D eigenvalue weighted by molar-refractivity contribution is 7.13. The summed E-state index contributed by atoms with van der Waals surface area (Å²) in [6, 6.07) is 3.06. The van der Waals surface area contributed by atoms with Crippen LogP contribution in [0.2, 0.25) is 0 Å². The summed E-state index contributed by atoms with van der Waals surface area (Å²) in [6.45, 7) is 3.05. The highest BCUT2D eigenvalue weighted by Gasteiger charge is 2.40. The lowest BCUT2D eigenvalue weighted by atomic mass is 10.3. The van der Waals surface area contributed by atoms with E-state index < -0.39 is 12.2 Å². The zero-order valence-electron chi connectivity index (χ0n) is 8.97. The molecule has 0 saturated heterocycles. The van der Waals surface area contributed by atoms with E-state index in [2.05, 4.69) is 0 Å². The van der Waals surface area contributed by atoms with Gasteiger partial charge in [-0.25, -0.2) is 4.90 Å². The molecule has 1 amide bonds. The van der Waals surface area contributed by atoms with Gasteiger partial charge in [-0.05, 0) is 25.5 Å². The first-order chi connectivity index (χ1) is 7.36. The number of hydrogen-bond acceptors (Lipinski definition) is 2. The molecule has 0 fully saturated rings. The van der Waals surface area contributed by atoms with E-state index in [0.717, 1.165) is 16.2 Å². The zero-order chi connectivity index (χ0) is 12.3. The minimum Gasteiger partial charge on any atom is -0.268 e. The maximum atomic E-state index is 12.6.